The average molecular weight is 426 g/mol. The molecule has 4 rings (SSSR count). The monoisotopic (exact) mass is 425 g/mol. The lowest BCUT2D eigenvalue weighted by Gasteiger charge is -2.42. The van der Waals surface area contributed by atoms with Gasteiger partial charge in [-0.15, -0.1) is 0 Å². The number of β-amino-alcohol motifs (C(OH)–C–C–N with tert-alkyl or cyclic N) is 1. The second-order valence-corrected chi connectivity index (χ2v) is 8.90. The van der Waals surface area contributed by atoms with Crippen LogP contribution in [0.1, 0.15) is 36.8 Å². The van der Waals surface area contributed by atoms with Gasteiger partial charge < -0.3 is 24.6 Å². The number of hydrogen-bond donors (Lipinski definition) is 2. The van der Waals surface area contributed by atoms with E-state index in [9.17, 15) is 10.2 Å². The maximum Gasteiger partial charge on any atom is 0.117 e. The van der Waals surface area contributed by atoms with Crippen molar-refractivity contribution in [1.29, 1.82) is 0 Å². The molecule has 0 aromatic heterocycles. The van der Waals surface area contributed by atoms with Crippen LogP contribution in [-0.2, 0) is 15.1 Å². The van der Waals surface area contributed by atoms with Crippen LogP contribution in [0.5, 0.6) is 0 Å². The Morgan fingerprint density at radius 1 is 0.968 bits per heavy atom. The predicted octanol–water partition coefficient (Wildman–Crippen LogP) is 3.19. The molecule has 5 nitrogen and oxygen atoms in total. The predicted molar refractivity (Wildman–Crippen MR) is 121 cm³/mol. The molecule has 168 valence electrons. The van der Waals surface area contributed by atoms with Gasteiger partial charge in [-0.2, -0.15) is 0 Å². The standard InChI is InChI=1S/C26H35NO4/c28-24(19-30-20-25-12-7-17-31-25)18-27-15-13-23(14-16-27)26(29,21-8-3-1-4-9-21)22-10-5-2-6-11-22/h1-6,8-11,23-25,28-29H,7,12-20H2/t24-,25-/m0/s1. The number of piperidine rings is 1. The molecular formula is C26H35NO4. The summed E-state index contributed by atoms with van der Waals surface area (Å²) in [6.07, 6.45) is 3.60. The summed E-state index contributed by atoms with van der Waals surface area (Å²) in [4.78, 5) is 2.28. The van der Waals surface area contributed by atoms with Crippen molar-refractivity contribution >= 4 is 0 Å². The summed E-state index contributed by atoms with van der Waals surface area (Å²) in [5.41, 5.74) is 0.891. The minimum Gasteiger partial charge on any atom is -0.389 e. The molecule has 2 aromatic carbocycles. The van der Waals surface area contributed by atoms with Crippen molar-refractivity contribution in [3.63, 3.8) is 0 Å². The Kier molecular flexibility index (Phi) is 7.75. The summed E-state index contributed by atoms with van der Waals surface area (Å²) in [5, 5.41) is 22.4. The van der Waals surface area contributed by atoms with Gasteiger partial charge in [0.1, 0.15) is 5.60 Å². The van der Waals surface area contributed by atoms with E-state index in [4.69, 9.17) is 9.47 Å². The zero-order valence-corrected chi connectivity index (χ0v) is 18.2. The fourth-order valence-corrected chi connectivity index (χ4v) is 5.02. The van der Waals surface area contributed by atoms with Gasteiger partial charge in [-0.25, -0.2) is 0 Å². The molecule has 2 aromatic rings. The highest BCUT2D eigenvalue weighted by molar-refractivity contribution is 5.37. The molecule has 0 bridgehead atoms. The van der Waals surface area contributed by atoms with Crippen molar-refractivity contribution in [2.75, 3.05) is 39.5 Å². The van der Waals surface area contributed by atoms with E-state index in [2.05, 4.69) is 4.90 Å². The molecule has 2 N–H and O–H groups in total. The first kappa shape index (κ1) is 22.4. The second kappa shape index (κ2) is 10.7. The van der Waals surface area contributed by atoms with Gasteiger partial charge in [0.2, 0.25) is 0 Å². The molecule has 2 aliphatic heterocycles. The smallest absolute Gasteiger partial charge is 0.117 e. The fraction of sp³-hybridized carbons (Fsp3) is 0.538. The van der Waals surface area contributed by atoms with Crippen LogP contribution >= 0.6 is 0 Å². The van der Waals surface area contributed by atoms with Crippen LogP contribution in [0.25, 0.3) is 0 Å². The van der Waals surface area contributed by atoms with Crippen LogP contribution < -0.4 is 0 Å². The molecule has 2 fully saturated rings. The zero-order chi connectivity index (χ0) is 21.5. The van der Waals surface area contributed by atoms with Crippen molar-refractivity contribution in [3.8, 4) is 0 Å². The normalized spacial score (nSPS) is 21.9. The van der Waals surface area contributed by atoms with Gasteiger partial charge >= 0.3 is 0 Å². The van der Waals surface area contributed by atoms with Crippen molar-refractivity contribution in [3.05, 3.63) is 71.8 Å². The molecule has 2 saturated heterocycles. The summed E-state index contributed by atoms with van der Waals surface area (Å²) >= 11 is 0. The lowest BCUT2D eigenvalue weighted by Crippen LogP contribution is -2.46. The minimum absolute atomic E-state index is 0.126. The van der Waals surface area contributed by atoms with Gasteiger partial charge in [-0.05, 0) is 55.8 Å². The topological polar surface area (TPSA) is 62.2 Å². The largest absolute Gasteiger partial charge is 0.389 e. The Bertz CT molecular complexity index is 731. The van der Waals surface area contributed by atoms with Crippen molar-refractivity contribution in [1.82, 2.24) is 4.90 Å². The summed E-state index contributed by atoms with van der Waals surface area (Å²) in [6.45, 7) is 4.06. The molecule has 5 heteroatoms. The van der Waals surface area contributed by atoms with E-state index in [0.29, 0.717) is 19.8 Å². The molecule has 0 unspecified atom stereocenters. The summed E-state index contributed by atoms with van der Waals surface area (Å²) in [7, 11) is 0. The number of aliphatic hydroxyl groups is 2. The van der Waals surface area contributed by atoms with Crippen LogP contribution in [0.2, 0.25) is 0 Å². The van der Waals surface area contributed by atoms with Crippen LogP contribution in [0.3, 0.4) is 0 Å². The van der Waals surface area contributed by atoms with Gasteiger partial charge in [-0.3, -0.25) is 0 Å². The molecule has 0 radical (unpaired) electrons. The molecule has 0 spiro atoms. The van der Waals surface area contributed by atoms with Gasteiger partial charge in [0.25, 0.3) is 0 Å². The number of benzene rings is 2. The SMILES string of the molecule is O[C@H](COC[C@@H]1CCCO1)CN1CCC(C(O)(c2ccccc2)c2ccccc2)CC1. The van der Waals surface area contributed by atoms with E-state index >= 15 is 0 Å². The fourth-order valence-electron chi connectivity index (χ4n) is 5.02. The highest BCUT2D eigenvalue weighted by atomic mass is 16.5. The maximum atomic E-state index is 12.0. The summed E-state index contributed by atoms with van der Waals surface area (Å²) in [5.74, 6) is 0.126. The summed E-state index contributed by atoms with van der Waals surface area (Å²) in [6, 6.07) is 20.0. The third-order valence-corrected chi connectivity index (χ3v) is 6.71. The van der Waals surface area contributed by atoms with Crippen LogP contribution in [0, 0.1) is 5.92 Å². The first-order chi connectivity index (χ1) is 15.2. The Morgan fingerprint density at radius 2 is 1.58 bits per heavy atom. The van der Waals surface area contributed by atoms with E-state index in [0.717, 1.165) is 56.5 Å². The Hall–Kier alpha value is -1.76. The van der Waals surface area contributed by atoms with Gasteiger partial charge in [0.15, 0.2) is 0 Å². The Balaban J connectivity index is 1.33. The molecule has 0 amide bonds. The van der Waals surface area contributed by atoms with Gasteiger partial charge in [0, 0.05) is 13.2 Å². The summed E-state index contributed by atoms with van der Waals surface area (Å²) < 4.78 is 11.2. The van der Waals surface area contributed by atoms with E-state index in [1.165, 1.54) is 0 Å². The zero-order valence-electron chi connectivity index (χ0n) is 18.2. The lowest BCUT2D eigenvalue weighted by molar-refractivity contribution is -0.0396. The Labute approximate surface area is 185 Å². The Morgan fingerprint density at radius 3 is 2.13 bits per heavy atom. The van der Waals surface area contributed by atoms with Crippen molar-refractivity contribution in [2.45, 2.75) is 43.5 Å². The number of aliphatic hydroxyl groups excluding tert-OH is 1. The molecule has 2 atom stereocenters. The number of ether oxygens (including phenoxy) is 2. The number of hydrogen-bond acceptors (Lipinski definition) is 5. The quantitative estimate of drug-likeness (QED) is 0.646. The second-order valence-electron chi connectivity index (χ2n) is 8.90. The third kappa shape index (κ3) is 5.54. The molecule has 0 aliphatic carbocycles. The highest BCUT2D eigenvalue weighted by Gasteiger charge is 2.41. The third-order valence-electron chi connectivity index (χ3n) is 6.71. The number of likely N-dealkylation sites (tertiary alicyclic amines) is 1. The minimum atomic E-state index is -1.00. The molecule has 31 heavy (non-hydrogen) atoms. The van der Waals surface area contributed by atoms with E-state index in [1.807, 2.05) is 60.7 Å². The van der Waals surface area contributed by atoms with Crippen LogP contribution in [-0.4, -0.2) is 66.8 Å². The van der Waals surface area contributed by atoms with Crippen molar-refractivity contribution < 1.29 is 19.7 Å². The number of nitrogens with zero attached hydrogens (tertiary/aromatic N) is 1. The van der Waals surface area contributed by atoms with Crippen LogP contribution in [0.15, 0.2) is 60.7 Å². The number of rotatable bonds is 9. The van der Waals surface area contributed by atoms with Crippen LogP contribution in [0.4, 0.5) is 0 Å². The molecular weight excluding hydrogens is 390 g/mol. The average Bonchev–Trinajstić information content (AvgIpc) is 3.34. The molecule has 0 saturated carbocycles. The van der Waals surface area contributed by atoms with Crippen molar-refractivity contribution in [2.24, 2.45) is 5.92 Å². The van der Waals surface area contributed by atoms with Gasteiger partial charge in [-0.1, -0.05) is 60.7 Å². The molecule has 2 aliphatic rings. The van der Waals surface area contributed by atoms with Gasteiger partial charge in [0.05, 0.1) is 25.4 Å². The first-order valence-electron chi connectivity index (χ1n) is 11.6. The lowest BCUT2D eigenvalue weighted by atomic mass is 9.72. The van der Waals surface area contributed by atoms with E-state index < -0.39 is 11.7 Å². The van der Waals surface area contributed by atoms with E-state index in [1.54, 1.807) is 0 Å². The maximum absolute atomic E-state index is 12.0. The first-order valence-corrected chi connectivity index (χ1v) is 11.6. The molecule has 2 heterocycles. The van der Waals surface area contributed by atoms with E-state index in [-0.39, 0.29) is 12.0 Å². The highest BCUT2D eigenvalue weighted by Crippen LogP contribution is 2.41.